The van der Waals surface area contributed by atoms with E-state index in [1.807, 2.05) is 60.5 Å². The Morgan fingerprint density at radius 3 is 2.43 bits per heavy atom. The van der Waals surface area contributed by atoms with Crippen LogP contribution in [0, 0.1) is 0 Å². The van der Waals surface area contributed by atoms with Crippen LogP contribution in [0.25, 0.3) is 6.08 Å². The lowest BCUT2D eigenvalue weighted by Gasteiger charge is -2.25. The van der Waals surface area contributed by atoms with Crippen LogP contribution >= 0.6 is 0 Å². The quantitative estimate of drug-likeness (QED) is 0.331. The number of aldehydes is 1. The minimum Gasteiger partial charge on any atom is -0.482 e. The molecule has 1 rings (SSSR count). The Labute approximate surface area is 127 Å². The topological polar surface area (TPSA) is 29.5 Å². The summed E-state index contributed by atoms with van der Waals surface area (Å²) in [6.45, 7) is 4.16. The van der Waals surface area contributed by atoms with Crippen molar-refractivity contribution in [1.82, 2.24) is 4.90 Å². The van der Waals surface area contributed by atoms with E-state index in [1.54, 1.807) is 7.11 Å². The number of hydrogen-bond donors (Lipinski definition) is 0. The maximum atomic E-state index is 10.8. The molecule has 0 unspecified atom stereocenters. The maximum absolute atomic E-state index is 10.8. The van der Waals surface area contributed by atoms with E-state index in [-0.39, 0.29) is 0 Å². The molecule has 112 valence electrons. The highest BCUT2D eigenvalue weighted by molar-refractivity contribution is 5.70. The molecule has 0 aromatic heterocycles. The van der Waals surface area contributed by atoms with Gasteiger partial charge in [0.05, 0.1) is 7.11 Å². The minimum atomic E-state index is 0.312. The highest BCUT2D eigenvalue weighted by Gasteiger charge is 2.08. The zero-order valence-corrected chi connectivity index (χ0v) is 13.1. The highest BCUT2D eigenvalue weighted by Crippen LogP contribution is 2.13. The molecule has 21 heavy (non-hydrogen) atoms. The van der Waals surface area contributed by atoms with E-state index < -0.39 is 0 Å². The fourth-order valence-corrected chi connectivity index (χ4v) is 1.69. The summed E-state index contributed by atoms with van der Waals surface area (Å²) in [5, 5.41) is 0. The number of hydrogen-bond acceptors (Lipinski definition) is 3. The first-order valence-electron chi connectivity index (χ1n) is 6.95. The fraction of sp³-hybridized carbons (Fsp3) is 0.278. The van der Waals surface area contributed by atoms with E-state index in [9.17, 15) is 4.79 Å². The predicted octanol–water partition coefficient (Wildman–Crippen LogP) is 3.65. The molecule has 3 nitrogen and oxygen atoms in total. The van der Waals surface area contributed by atoms with Crippen molar-refractivity contribution in [3.63, 3.8) is 0 Å². The van der Waals surface area contributed by atoms with Gasteiger partial charge in [0.15, 0.2) is 5.88 Å². The molecule has 0 atom stereocenters. The van der Waals surface area contributed by atoms with Crippen LogP contribution in [0.4, 0.5) is 0 Å². The molecule has 0 saturated carbocycles. The summed E-state index contributed by atoms with van der Waals surface area (Å²) < 4.78 is 5.40. The standard InChI is InChI=1S/C18H23NO2/c1-15(2)19(3)18(21-4)14-17(12-13-20)11-10-16-8-6-5-7-9-16/h5-15H,1-4H3/b11-10+,17-12-,18-14+. The first kappa shape index (κ1) is 16.8. The van der Waals surface area contributed by atoms with Gasteiger partial charge in [0, 0.05) is 19.2 Å². The van der Waals surface area contributed by atoms with Crippen LogP contribution in [0.5, 0.6) is 0 Å². The van der Waals surface area contributed by atoms with Crippen LogP contribution in [-0.2, 0) is 9.53 Å². The Bertz CT molecular complexity index is 527. The van der Waals surface area contributed by atoms with Gasteiger partial charge in [-0.25, -0.2) is 0 Å². The smallest absolute Gasteiger partial charge is 0.189 e. The summed E-state index contributed by atoms with van der Waals surface area (Å²) in [5.74, 6) is 0.718. The zero-order valence-electron chi connectivity index (χ0n) is 13.1. The third kappa shape index (κ3) is 5.69. The van der Waals surface area contributed by atoms with Crippen molar-refractivity contribution in [2.75, 3.05) is 14.2 Å². The summed E-state index contributed by atoms with van der Waals surface area (Å²) in [6, 6.07) is 10.3. The van der Waals surface area contributed by atoms with Crippen LogP contribution in [0.3, 0.4) is 0 Å². The molecule has 0 bridgehead atoms. The van der Waals surface area contributed by atoms with Crippen LogP contribution in [0.15, 0.2) is 60.0 Å². The molecule has 0 N–H and O–H groups in total. The summed E-state index contributed by atoms with van der Waals surface area (Å²) in [5.41, 5.74) is 1.87. The van der Waals surface area contributed by atoms with Gasteiger partial charge < -0.3 is 9.64 Å². The van der Waals surface area contributed by atoms with Crippen LogP contribution in [0.2, 0.25) is 0 Å². The van der Waals surface area contributed by atoms with Gasteiger partial charge in [0.2, 0.25) is 0 Å². The largest absolute Gasteiger partial charge is 0.482 e. The van der Waals surface area contributed by atoms with E-state index in [0.717, 1.165) is 23.3 Å². The van der Waals surface area contributed by atoms with Gasteiger partial charge >= 0.3 is 0 Å². The van der Waals surface area contributed by atoms with Crippen molar-refractivity contribution in [2.24, 2.45) is 0 Å². The Kier molecular flexibility index (Phi) is 7.02. The van der Waals surface area contributed by atoms with Gasteiger partial charge in [0.25, 0.3) is 0 Å². The van der Waals surface area contributed by atoms with Crippen LogP contribution < -0.4 is 0 Å². The lowest BCUT2D eigenvalue weighted by Crippen LogP contribution is -2.26. The molecule has 0 aliphatic rings. The van der Waals surface area contributed by atoms with E-state index in [2.05, 4.69) is 13.8 Å². The normalized spacial score (nSPS) is 12.8. The van der Waals surface area contributed by atoms with Crippen molar-refractivity contribution < 1.29 is 9.53 Å². The number of methoxy groups -OCH3 is 1. The van der Waals surface area contributed by atoms with Gasteiger partial charge in [0.1, 0.15) is 6.29 Å². The second-order valence-corrected chi connectivity index (χ2v) is 4.94. The number of benzene rings is 1. The number of allylic oxidation sites excluding steroid dienone is 4. The van der Waals surface area contributed by atoms with Crippen LogP contribution in [-0.4, -0.2) is 31.4 Å². The van der Waals surface area contributed by atoms with Crippen molar-refractivity contribution in [3.8, 4) is 0 Å². The van der Waals surface area contributed by atoms with Crippen molar-refractivity contribution >= 4 is 12.4 Å². The molecule has 0 aliphatic carbocycles. The molecule has 0 radical (unpaired) electrons. The molecule has 1 aromatic rings. The zero-order chi connectivity index (χ0) is 15.7. The van der Waals surface area contributed by atoms with Gasteiger partial charge in [-0.1, -0.05) is 42.5 Å². The first-order chi connectivity index (χ1) is 10.1. The molecule has 3 heteroatoms. The number of ether oxygens (including phenoxy) is 1. The Balaban J connectivity index is 2.99. The molecule has 0 aliphatic heterocycles. The SMILES string of the molecule is CO/C(=C/C(=C\C=O)/C=C/c1ccccc1)N(C)C(C)C. The van der Waals surface area contributed by atoms with Crippen LogP contribution in [0.1, 0.15) is 19.4 Å². The van der Waals surface area contributed by atoms with Crippen molar-refractivity contribution in [3.05, 3.63) is 65.6 Å². The summed E-state index contributed by atoms with van der Waals surface area (Å²) in [4.78, 5) is 12.8. The van der Waals surface area contributed by atoms with Gasteiger partial charge in [-0.2, -0.15) is 0 Å². The maximum Gasteiger partial charge on any atom is 0.189 e. The second kappa shape index (κ2) is 8.80. The number of carbonyl (C=O) groups excluding carboxylic acids is 1. The summed E-state index contributed by atoms with van der Waals surface area (Å²) in [7, 11) is 3.59. The van der Waals surface area contributed by atoms with Gasteiger partial charge in [-0.15, -0.1) is 0 Å². The number of nitrogens with zero attached hydrogens (tertiary/aromatic N) is 1. The minimum absolute atomic E-state index is 0.312. The molecular weight excluding hydrogens is 262 g/mol. The van der Waals surface area contributed by atoms with Crippen molar-refractivity contribution in [1.29, 1.82) is 0 Å². The fourth-order valence-electron chi connectivity index (χ4n) is 1.69. The van der Waals surface area contributed by atoms with Gasteiger partial charge in [-0.3, -0.25) is 4.79 Å². The number of carbonyl (C=O) groups is 1. The molecule has 0 fully saturated rings. The van der Waals surface area contributed by atoms with E-state index >= 15 is 0 Å². The first-order valence-corrected chi connectivity index (χ1v) is 6.95. The average Bonchev–Trinajstić information content (AvgIpc) is 2.50. The van der Waals surface area contributed by atoms with E-state index in [0.29, 0.717) is 6.04 Å². The average molecular weight is 285 g/mol. The molecule has 0 heterocycles. The van der Waals surface area contributed by atoms with Gasteiger partial charge in [-0.05, 0) is 31.1 Å². The highest BCUT2D eigenvalue weighted by atomic mass is 16.5. The monoisotopic (exact) mass is 285 g/mol. The van der Waals surface area contributed by atoms with Crippen molar-refractivity contribution in [2.45, 2.75) is 19.9 Å². The van der Waals surface area contributed by atoms with E-state index in [4.69, 9.17) is 4.74 Å². The lowest BCUT2D eigenvalue weighted by atomic mass is 10.1. The third-order valence-corrected chi connectivity index (χ3v) is 3.15. The Hall–Kier alpha value is -2.29. The predicted molar refractivity (Wildman–Crippen MR) is 87.6 cm³/mol. The Morgan fingerprint density at radius 1 is 1.24 bits per heavy atom. The summed E-state index contributed by atoms with van der Waals surface area (Å²) in [6.07, 6.45) is 8.02. The molecule has 1 aromatic carbocycles. The molecule has 0 saturated heterocycles. The molecule has 0 spiro atoms. The second-order valence-electron chi connectivity index (χ2n) is 4.94. The molecule has 0 amide bonds. The molecular formula is C18H23NO2. The van der Waals surface area contributed by atoms with E-state index in [1.165, 1.54) is 6.08 Å². The number of rotatable bonds is 7. The lowest BCUT2D eigenvalue weighted by molar-refractivity contribution is -0.104. The summed E-state index contributed by atoms with van der Waals surface area (Å²) >= 11 is 0. The Morgan fingerprint density at radius 2 is 1.90 bits per heavy atom. The third-order valence-electron chi connectivity index (χ3n) is 3.15.